The van der Waals surface area contributed by atoms with E-state index < -0.39 is 0 Å². The summed E-state index contributed by atoms with van der Waals surface area (Å²) in [5, 5.41) is 8.49. The average molecular weight is 212 g/mol. The molecule has 86 valence electrons. The summed E-state index contributed by atoms with van der Waals surface area (Å²) in [4.78, 5) is 0. The first kappa shape index (κ1) is 11.1. The number of fused-ring (bicyclic) bond motifs is 2. The Balaban J connectivity index is 1.50. The standard InChI is InChI=1S/C12H20O3/c13-3-4-14-5-6-15-9-12-8-10-1-2-11(12)7-10/h1-2,10-13H,3-9H2. The van der Waals surface area contributed by atoms with Crippen molar-refractivity contribution in [2.24, 2.45) is 17.8 Å². The highest BCUT2D eigenvalue weighted by molar-refractivity contribution is 5.09. The van der Waals surface area contributed by atoms with E-state index in [0.717, 1.165) is 24.4 Å². The molecule has 3 heteroatoms. The van der Waals surface area contributed by atoms with Gasteiger partial charge in [0.25, 0.3) is 0 Å². The topological polar surface area (TPSA) is 38.7 Å². The van der Waals surface area contributed by atoms with Gasteiger partial charge in [-0.15, -0.1) is 0 Å². The van der Waals surface area contributed by atoms with E-state index >= 15 is 0 Å². The summed E-state index contributed by atoms with van der Waals surface area (Å²) in [7, 11) is 0. The minimum absolute atomic E-state index is 0.0944. The van der Waals surface area contributed by atoms with Gasteiger partial charge < -0.3 is 14.6 Å². The molecule has 0 heterocycles. The van der Waals surface area contributed by atoms with Crippen molar-refractivity contribution in [3.63, 3.8) is 0 Å². The van der Waals surface area contributed by atoms with Crippen molar-refractivity contribution in [3.8, 4) is 0 Å². The van der Waals surface area contributed by atoms with Crippen LogP contribution in [0.4, 0.5) is 0 Å². The van der Waals surface area contributed by atoms with Crippen molar-refractivity contribution in [2.45, 2.75) is 12.8 Å². The van der Waals surface area contributed by atoms with Gasteiger partial charge in [-0.3, -0.25) is 0 Å². The summed E-state index contributed by atoms with van der Waals surface area (Å²) in [6, 6.07) is 0. The highest BCUT2D eigenvalue weighted by atomic mass is 16.5. The Bertz CT molecular complexity index is 215. The largest absolute Gasteiger partial charge is 0.394 e. The molecule has 0 amide bonds. The molecule has 15 heavy (non-hydrogen) atoms. The second-order valence-electron chi connectivity index (χ2n) is 4.45. The van der Waals surface area contributed by atoms with Gasteiger partial charge in [0, 0.05) is 0 Å². The van der Waals surface area contributed by atoms with Crippen molar-refractivity contribution in [2.75, 3.05) is 33.0 Å². The van der Waals surface area contributed by atoms with Gasteiger partial charge in [-0.2, -0.15) is 0 Å². The summed E-state index contributed by atoms with van der Waals surface area (Å²) < 4.78 is 10.7. The highest BCUT2D eigenvalue weighted by Crippen LogP contribution is 2.43. The van der Waals surface area contributed by atoms with Gasteiger partial charge in [0.05, 0.1) is 33.0 Å². The van der Waals surface area contributed by atoms with Crippen LogP contribution in [0, 0.1) is 17.8 Å². The Labute approximate surface area is 91.1 Å². The Morgan fingerprint density at radius 1 is 1.07 bits per heavy atom. The molecular weight excluding hydrogens is 192 g/mol. The third kappa shape index (κ3) is 3.03. The molecule has 0 aromatic carbocycles. The van der Waals surface area contributed by atoms with Crippen LogP contribution < -0.4 is 0 Å². The van der Waals surface area contributed by atoms with Gasteiger partial charge >= 0.3 is 0 Å². The molecule has 0 aromatic rings. The maximum Gasteiger partial charge on any atom is 0.0701 e. The first-order chi connectivity index (χ1) is 7.40. The molecule has 2 aliphatic rings. The number of rotatable bonds is 7. The maximum atomic E-state index is 8.49. The van der Waals surface area contributed by atoms with E-state index in [2.05, 4.69) is 12.2 Å². The highest BCUT2D eigenvalue weighted by Gasteiger charge is 2.35. The molecule has 0 aliphatic heterocycles. The zero-order chi connectivity index (χ0) is 10.5. The van der Waals surface area contributed by atoms with Crippen LogP contribution >= 0.6 is 0 Å². The van der Waals surface area contributed by atoms with Gasteiger partial charge in [-0.1, -0.05) is 12.2 Å². The molecule has 3 nitrogen and oxygen atoms in total. The number of allylic oxidation sites excluding steroid dienone is 2. The Morgan fingerprint density at radius 2 is 1.93 bits per heavy atom. The number of aliphatic hydroxyl groups is 1. The summed E-state index contributed by atoms with van der Waals surface area (Å²) in [5.41, 5.74) is 0. The van der Waals surface area contributed by atoms with Crippen LogP contribution in [0.5, 0.6) is 0 Å². The van der Waals surface area contributed by atoms with Crippen LogP contribution in [0.3, 0.4) is 0 Å². The molecule has 0 aromatic heterocycles. The quantitative estimate of drug-likeness (QED) is 0.509. The predicted octanol–water partition coefficient (Wildman–Crippen LogP) is 1.22. The van der Waals surface area contributed by atoms with Gasteiger partial charge in [0.15, 0.2) is 0 Å². The molecule has 1 saturated carbocycles. The lowest BCUT2D eigenvalue weighted by atomic mass is 9.95. The molecule has 3 unspecified atom stereocenters. The van der Waals surface area contributed by atoms with E-state index in [0.29, 0.717) is 19.8 Å². The molecule has 2 rings (SSSR count). The number of ether oxygens (including phenoxy) is 2. The van der Waals surface area contributed by atoms with Gasteiger partial charge in [0.1, 0.15) is 0 Å². The Hall–Kier alpha value is -0.380. The lowest BCUT2D eigenvalue weighted by molar-refractivity contribution is 0.0192. The lowest BCUT2D eigenvalue weighted by Gasteiger charge is -2.17. The third-order valence-corrected chi connectivity index (χ3v) is 3.36. The van der Waals surface area contributed by atoms with E-state index in [9.17, 15) is 0 Å². The van der Waals surface area contributed by atoms with Crippen LogP contribution in [-0.2, 0) is 9.47 Å². The van der Waals surface area contributed by atoms with Gasteiger partial charge in [-0.05, 0) is 30.6 Å². The fourth-order valence-corrected chi connectivity index (χ4v) is 2.61. The van der Waals surface area contributed by atoms with E-state index in [4.69, 9.17) is 14.6 Å². The maximum absolute atomic E-state index is 8.49. The smallest absolute Gasteiger partial charge is 0.0701 e. The van der Waals surface area contributed by atoms with Crippen LogP contribution in [0.1, 0.15) is 12.8 Å². The van der Waals surface area contributed by atoms with Gasteiger partial charge in [0.2, 0.25) is 0 Å². The predicted molar refractivity (Wildman–Crippen MR) is 57.6 cm³/mol. The molecule has 2 bridgehead atoms. The van der Waals surface area contributed by atoms with Crippen LogP contribution in [0.15, 0.2) is 12.2 Å². The summed E-state index contributed by atoms with van der Waals surface area (Å²) in [5.74, 6) is 2.33. The lowest BCUT2D eigenvalue weighted by Crippen LogP contribution is -2.16. The molecule has 1 fully saturated rings. The van der Waals surface area contributed by atoms with Crippen molar-refractivity contribution in [1.29, 1.82) is 0 Å². The molecular formula is C12H20O3. The average Bonchev–Trinajstić information content (AvgIpc) is 2.85. The van der Waals surface area contributed by atoms with E-state index in [1.807, 2.05) is 0 Å². The van der Waals surface area contributed by atoms with Crippen molar-refractivity contribution >= 4 is 0 Å². The fraction of sp³-hybridized carbons (Fsp3) is 0.833. The molecule has 0 saturated heterocycles. The minimum atomic E-state index is 0.0944. The first-order valence-corrected chi connectivity index (χ1v) is 5.85. The van der Waals surface area contributed by atoms with E-state index in [-0.39, 0.29) is 6.61 Å². The molecule has 1 N–H and O–H groups in total. The van der Waals surface area contributed by atoms with Gasteiger partial charge in [-0.25, -0.2) is 0 Å². The van der Waals surface area contributed by atoms with E-state index in [1.165, 1.54) is 12.8 Å². The number of hydrogen-bond acceptors (Lipinski definition) is 3. The summed E-state index contributed by atoms with van der Waals surface area (Å²) in [6.07, 6.45) is 7.35. The van der Waals surface area contributed by atoms with Crippen LogP contribution in [0.25, 0.3) is 0 Å². The molecule has 0 spiro atoms. The Kier molecular flexibility index (Phi) is 4.18. The second-order valence-corrected chi connectivity index (χ2v) is 4.45. The summed E-state index contributed by atoms with van der Waals surface area (Å²) in [6.45, 7) is 2.63. The SMILES string of the molecule is OCCOCCOCC1CC2C=CC1C2. The number of aliphatic hydroxyl groups excluding tert-OH is 1. The molecule has 0 radical (unpaired) electrons. The Morgan fingerprint density at radius 3 is 2.60 bits per heavy atom. The zero-order valence-corrected chi connectivity index (χ0v) is 9.10. The molecule has 3 atom stereocenters. The number of hydrogen-bond donors (Lipinski definition) is 1. The second kappa shape index (κ2) is 5.64. The monoisotopic (exact) mass is 212 g/mol. The van der Waals surface area contributed by atoms with Crippen molar-refractivity contribution < 1.29 is 14.6 Å². The van der Waals surface area contributed by atoms with E-state index in [1.54, 1.807) is 0 Å². The minimum Gasteiger partial charge on any atom is -0.394 e. The van der Waals surface area contributed by atoms with Crippen LogP contribution in [0.2, 0.25) is 0 Å². The first-order valence-electron chi connectivity index (χ1n) is 5.85. The van der Waals surface area contributed by atoms with Crippen molar-refractivity contribution in [3.05, 3.63) is 12.2 Å². The normalized spacial score (nSPS) is 32.7. The zero-order valence-electron chi connectivity index (χ0n) is 9.10. The third-order valence-electron chi connectivity index (χ3n) is 3.36. The molecule has 2 aliphatic carbocycles. The van der Waals surface area contributed by atoms with Crippen LogP contribution in [-0.4, -0.2) is 38.1 Å². The summed E-state index contributed by atoms with van der Waals surface area (Å²) >= 11 is 0. The van der Waals surface area contributed by atoms with Crippen molar-refractivity contribution in [1.82, 2.24) is 0 Å². The fourth-order valence-electron chi connectivity index (χ4n) is 2.61.